The summed E-state index contributed by atoms with van der Waals surface area (Å²) < 4.78 is 0. The van der Waals surface area contributed by atoms with Crippen LogP contribution in [0.3, 0.4) is 0 Å². The highest BCUT2D eigenvalue weighted by atomic mass is 16.4. The summed E-state index contributed by atoms with van der Waals surface area (Å²) in [6.07, 6.45) is 0. The summed E-state index contributed by atoms with van der Waals surface area (Å²) >= 11 is 0. The number of hydrogen-bond acceptors (Lipinski definition) is 3. The fourth-order valence-electron chi connectivity index (χ4n) is 0.200. The van der Waals surface area contributed by atoms with Crippen LogP contribution in [0, 0.1) is 0 Å². The molecule has 50 valence electrons. The van der Waals surface area contributed by atoms with E-state index in [0.29, 0.717) is 0 Å². The first kappa shape index (κ1) is 7.85. The standard InChI is InChI=1S/C5H8N2O2/c1-4(5(8)9)7-3-6-2/h4H,1-2H3,(H,8,9)/t4-/m0/s1. The molecule has 0 heterocycles. The predicted molar refractivity (Wildman–Crippen MR) is 32.9 cm³/mol. The van der Waals surface area contributed by atoms with Crippen LogP contribution in [0.2, 0.25) is 0 Å². The first-order chi connectivity index (χ1) is 4.18. The van der Waals surface area contributed by atoms with E-state index in [2.05, 4.69) is 16.0 Å². The Hall–Kier alpha value is -1.15. The van der Waals surface area contributed by atoms with Gasteiger partial charge < -0.3 is 5.11 Å². The summed E-state index contributed by atoms with van der Waals surface area (Å²) in [5, 5.41) is 8.23. The van der Waals surface area contributed by atoms with Crippen molar-refractivity contribution in [2.75, 3.05) is 7.05 Å². The van der Waals surface area contributed by atoms with E-state index >= 15 is 0 Å². The lowest BCUT2D eigenvalue weighted by Gasteiger charge is -1.91. The molecule has 0 spiro atoms. The zero-order valence-electron chi connectivity index (χ0n) is 5.33. The Kier molecular flexibility index (Phi) is 3.32. The predicted octanol–water partition coefficient (Wildman–Crippen LogP) is 0.263. The summed E-state index contributed by atoms with van der Waals surface area (Å²) in [4.78, 5) is 16.8. The molecule has 0 radical (unpaired) electrons. The number of aliphatic imine (C=N–C) groups is 2. The molecule has 9 heavy (non-hydrogen) atoms. The molecule has 0 aliphatic rings. The Morgan fingerprint density at radius 3 is 2.67 bits per heavy atom. The summed E-state index contributed by atoms with van der Waals surface area (Å²) in [5.41, 5.74) is 0. The third-order valence-corrected chi connectivity index (χ3v) is 0.709. The Bertz CT molecular complexity index is 158. The zero-order valence-corrected chi connectivity index (χ0v) is 5.33. The number of rotatable bonds is 2. The van der Waals surface area contributed by atoms with Crippen molar-refractivity contribution in [2.24, 2.45) is 9.98 Å². The summed E-state index contributed by atoms with van der Waals surface area (Å²) in [6, 6.07) is 1.46. The molecular weight excluding hydrogens is 120 g/mol. The SMILES string of the molecule is CN=C=N[C@@H](C)C(=O)O. The Labute approximate surface area is 52.9 Å². The normalized spacial score (nSPS) is 11.3. The number of hydrogen-bond donors (Lipinski definition) is 1. The molecule has 0 aromatic carbocycles. The quantitative estimate of drug-likeness (QED) is 0.542. The van der Waals surface area contributed by atoms with Gasteiger partial charge in [-0.05, 0) is 6.92 Å². The van der Waals surface area contributed by atoms with Gasteiger partial charge in [-0.15, -0.1) is 0 Å². The van der Waals surface area contributed by atoms with E-state index in [-0.39, 0.29) is 0 Å². The molecule has 0 unspecified atom stereocenters. The topological polar surface area (TPSA) is 62.0 Å². The van der Waals surface area contributed by atoms with E-state index < -0.39 is 12.0 Å². The van der Waals surface area contributed by atoms with E-state index in [0.717, 1.165) is 0 Å². The van der Waals surface area contributed by atoms with Crippen molar-refractivity contribution in [3.63, 3.8) is 0 Å². The van der Waals surface area contributed by atoms with E-state index in [4.69, 9.17) is 5.11 Å². The van der Waals surface area contributed by atoms with Gasteiger partial charge in [-0.2, -0.15) is 0 Å². The molecule has 0 rings (SSSR count). The van der Waals surface area contributed by atoms with Gasteiger partial charge in [0, 0.05) is 7.05 Å². The van der Waals surface area contributed by atoms with Crippen molar-refractivity contribution in [3.8, 4) is 0 Å². The molecule has 0 saturated carbocycles. The largest absolute Gasteiger partial charge is 0.480 e. The fraction of sp³-hybridized carbons (Fsp3) is 0.600. The van der Waals surface area contributed by atoms with Gasteiger partial charge in [0.25, 0.3) is 0 Å². The average molecular weight is 128 g/mol. The second-order valence-corrected chi connectivity index (χ2v) is 1.47. The number of nitrogens with zero attached hydrogens (tertiary/aromatic N) is 2. The molecule has 0 saturated heterocycles. The van der Waals surface area contributed by atoms with Crippen LogP contribution in [0.5, 0.6) is 0 Å². The number of carbonyl (C=O) groups is 1. The van der Waals surface area contributed by atoms with Crippen LogP contribution in [-0.2, 0) is 4.79 Å². The zero-order chi connectivity index (χ0) is 7.28. The van der Waals surface area contributed by atoms with Gasteiger partial charge in [-0.1, -0.05) is 0 Å². The minimum Gasteiger partial charge on any atom is -0.480 e. The van der Waals surface area contributed by atoms with Gasteiger partial charge in [0.15, 0.2) is 6.04 Å². The lowest BCUT2D eigenvalue weighted by molar-refractivity contribution is -0.137. The van der Waals surface area contributed by atoms with Gasteiger partial charge in [0.2, 0.25) is 0 Å². The number of aliphatic carboxylic acids is 1. The highest BCUT2D eigenvalue weighted by Gasteiger charge is 2.05. The first-order valence-electron chi connectivity index (χ1n) is 2.45. The van der Waals surface area contributed by atoms with Crippen LogP contribution in [-0.4, -0.2) is 30.2 Å². The molecule has 0 bridgehead atoms. The van der Waals surface area contributed by atoms with Crippen LogP contribution in [0.1, 0.15) is 6.92 Å². The molecule has 0 aromatic rings. The second-order valence-electron chi connectivity index (χ2n) is 1.47. The van der Waals surface area contributed by atoms with Gasteiger partial charge in [-0.25, -0.2) is 14.8 Å². The smallest absolute Gasteiger partial charge is 0.329 e. The average Bonchev–Trinajstić information content (AvgIpc) is 1.82. The van der Waals surface area contributed by atoms with Crippen LogP contribution < -0.4 is 0 Å². The van der Waals surface area contributed by atoms with E-state index in [9.17, 15) is 4.79 Å². The number of carboxylic acid groups (broad SMARTS) is 1. The molecule has 0 amide bonds. The van der Waals surface area contributed by atoms with Crippen LogP contribution in [0.25, 0.3) is 0 Å². The lowest BCUT2D eigenvalue weighted by atomic mass is 10.4. The van der Waals surface area contributed by atoms with Crippen LogP contribution in [0.4, 0.5) is 0 Å². The maximum Gasteiger partial charge on any atom is 0.329 e. The van der Waals surface area contributed by atoms with Gasteiger partial charge >= 0.3 is 5.97 Å². The maximum atomic E-state index is 10.0. The number of carboxylic acids is 1. The molecule has 0 aliphatic carbocycles. The maximum absolute atomic E-state index is 10.0. The molecule has 0 fully saturated rings. The molecule has 4 heteroatoms. The van der Waals surface area contributed by atoms with Gasteiger partial charge in [0.05, 0.1) is 6.01 Å². The summed E-state index contributed by atoms with van der Waals surface area (Å²) in [6.45, 7) is 1.46. The second kappa shape index (κ2) is 3.80. The molecule has 0 aliphatic heterocycles. The first-order valence-corrected chi connectivity index (χ1v) is 2.45. The fourth-order valence-corrected chi connectivity index (χ4v) is 0.200. The van der Waals surface area contributed by atoms with E-state index in [1.807, 2.05) is 0 Å². The highest BCUT2D eigenvalue weighted by Crippen LogP contribution is 1.84. The Morgan fingerprint density at radius 2 is 2.33 bits per heavy atom. The Balaban J connectivity index is 3.91. The molecule has 4 nitrogen and oxygen atoms in total. The highest BCUT2D eigenvalue weighted by molar-refractivity contribution is 5.74. The third kappa shape index (κ3) is 3.43. The minimum absolute atomic E-state index is 0.742. The molecular formula is C5H8N2O2. The van der Waals surface area contributed by atoms with Crippen LogP contribution >= 0.6 is 0 Å². The summed E-state index contributed by atoms with van der Waals surface area (Å²) in [7, 11) is 1.48. The van der Waals surface area contributed by atoms with Gasteiger partial charge in [-0.3, -0.25) is 0 Å². The van der Waals surface area contributed by atoms with E-state index in [1.165, 1.54) is 14.0 Å². The van der Waals surface area contributed by atoms with Crippen molar-refractivity contribution in [1.29, 1.82) is 0 Å². The Morgan fingerprint density at radius 1 is 1.78 bits per heavy atom. The lowest BCUT2D eigenvalue weighted by Crippen LogP contribution is -2.12. The minimum atomic E-state index is -0.967. The van der Waals surface area contributed by atoms with Crippen molar-refractivity contribution >= 4 is 12.0 Å². The van der Waals surface area contributed by atoms with Crippen LogP contribution in [0.15, 0.2) is 9.98 Å². The van der Waals surface area contributed by atoms with Crippen molar-refractivity contribution in [3.05, 3.63) is 0 Å². The monoisotopic (exact) mass is 128 g/mol. The van der Waals surface area contributed by atoms with Crippen molar-refractivity contribution in [2.45, 2.75) is 13.0 Å². The van der Waals surface area contributed by atoms with Crippen molar-refractivity contribution < 1.29 is 9.90 Å². The molecule has 0 aromatic heterocycles. The molecule has 1 atom stereocenters. The van der Waals surface area contributed by atoms with E-state index in [1.54, 1.807) is 0 Å². The third-order valence-electron chi connectivity index (χ3n) is 0.709. The molecule has 1 N–H and O–H groups in total. The van der Waals surface area contributed by atoms with Gasteiger partial charge in [0.1, 0.15) is 0 Å². The van der Waals surface area contributed by atoms with Crippen molar-refractivity contribution in [1.82, 2.24) is 0 Å². The summed E-state index contributed by atoms with van der Waals surface area (Å²) in [5.74, 6) is -0.967.